The first-order chi connectivity index (χ1) is 7.93. The zero-order valence-electron chi connectivity index (χ0n) is 10.3. The van der Waals surface area contributed by atoms with E-state index in [1.165, 1.54) is 6.07 Å². The lowest BCUT2D eigenvalue weighted by Crippen LogP contribution is -2.20. The van der Waals surface area contributed by atoms with Crippen molar-refractivity contribution in [3.63, 3.8) is 0 Å². The number of benzene rings is 1. The van der Waals surface area contributed by atoms with Crippen molar-refractivity contribution in [1.29, 1.82) is 0 Å². The van der Waals surface area contributed by atoms with Gasteiger partial charge in [-0.3, -0.25) is 14.9 Å². The van der Waals surface area contributed by atoms with E-state index in [0.29, 0.717) is 12.0 Å². The molecular weight excluding hydrogens is 218 g/mol. The quantitative estimate of drug-likeness (QED) is 0.582. The van der Waals surface area contributed by atoms with Gasteiger partial charge in [0.1, 0.15) is 5.78 Å². The Morgan fingerprint density at radius 1 is 1.35 bits per heavy atom. The summed E-state index contributed by atoms with van der Waals surface area (Å²) in [5.74, 6) is 0.113. The summed E-state index contributed by atoms with van der Waals surface area (Å²) in [4.78, 5) is 22.0. The Morgan fingerprint density at radius 2 is 1.94 bits per heavy atom. The van der Waals surface area contributed by atoms with Gasteiger partial charge in [0, 0.05) is 17.5 Å². The highest BCUT2D eigenvalue weighted by Gasteiger charge is 2.22. The lowest BCUT2D eigenvalue weighted by atomic mass is 9.86. The Bertz CT molecular complexity index is 426. The second-order valence-electron chi connectivity index (χ2n) is 4.55. The van der Waals surface area contributed by atoms with E-state index < -0.39 is 4.92 Å². The molecule has 1 unspecified atom stereocenters. The zero-order valence-corrected chi connectivity index (χ0v) is 10.3. The minimum absolute atomic E-state index is 0.0816. The minimum Gasteiger partial charge on any atom is -0.300 e. The molecule has 0 fully saturated rings. The lowest BCUT2D eigenvalue weighted by Gasteiger charge is -2.17. The van der Waals surface area contributed by atoms with Gasteiger partial charge in [-0.05, 0) is 19.3 Å². The number of carbonyl (C=O) groups is 1. The van der Waals surface area contributed by atoms with Gasteiger partial charge >= 0.3 is 0 Å². The fourth-order valence-electron chi connectivity index (χ4n) is 1.95. The summed E-state index contributed by atoms with van der Waals surface area (Å²) >= 11 is 0. The monoisotopic (exact) mass is 235 g/mol. The van der Waals surface area contributed by atoms with Crippen molar-refractivity contribution in [2.45, 2.75) is 27.2 Å². The van der Waals surface area contributed by atoms with Crippen molar-refractivity contribution in [2.24, 2.45) is 11.8 Å². The van der Waals surface area contributed by atoms with Crippen molar-refractivity contribution >= 4 is 11.5 Å². The number of hydrogen-bond donors (Lipinski definition) is 0. The second kappa shape index (κ2) is 5.57. The van der Waals surface area contributed by atoms with Crippen molar-refractivity contribution < 1.29 is 9.72 Å². The Morgan fingerprint density at radius 3 is 2.41 bits per heavy atom. The molecule has 0 aliphatic carbocycles. The highest BCUT2D eigenvalue weighted by molar-refractivity contribution is 5.79. The molecule has 0 heterocycles. The van der Waals surface area contributed by atoms with Crippen LogP contribution >= 0.6 is 0 Å². The molecule has 0 N–H and O–H groups in total. The molecule has 17 heavy (non-hydrogen) atoms. The van der Waals surface area contributed by atoms with Gasteiger partial charge in [-0.1, -0.05) is 32.0 Å². The molecule has 0 aliphatic rings. The van der Waals surface area contributed by atoms with E-state index in [-0.39, 0.29) is 23.3 Å². The number of ketones is 1. The fraction of sp³-hybridized carbons (Fsp3) is 0.462. The van der Waals surface area contributed by atoms with Crippen molar-refractivity contribution in [3.8, 4) is 0 Å². The maximum absolute atomic E-state index is 11.5. The molecule has 4 heteroatoms. The molecule has 1 rings (SSSR count). The van der Waals surface area contributed by atoms with Crippen LogP contribution < -0.4 is 0 Å². The van der Waals surface area contributed by atoms with Crippen molar-refractivity contribution in [2.75, 3.05) is 0 Å². The van der Waals surface area contributed by atoms with Crippen LogP contribution in [0.2, 0.25) is 0 Å². The number of hydrogen-bond acceptors (Lipinski definition) is 3. The van der Waals surface area contributed by atoms with E-state index in [2.05, 4.69) is 0 Å². The number of nitro groups is 1. The van der Waals surface area contributed by atoms with Crippen LogP contribution in [0.15, 0.2) is 24.3 Å². The largest absolute Gasteiger partial charge is 0.300 e. The van der Waals surface area contributed by atoms with Gasteiger partial charge in [0.05, 0.1) is 4.92 Å². The smallest absolute Gasteiger partial charge is 0.272 e. The average molecular weight is 235 g/mol. The highest BCUT2D eigenvalue weighted by Crippen LogP contribution is 2.24. The van der Waals surface area contributed by atoms with Crippen LogP contribution in [-0.2, 0) is 11.2 Å². The van der Waals surface area contributed by atoms with Crippen LogP contribution in [0.3, 0.4) is 0 Å². The van der Waals surface area contributed by atoms with Crippen molar-refractivity contribution in [3.05, 3.63) is 39.9 Å². The summed E-state index contributed by atoms with van der Waals surface area (Å²) in [6, 6.07) is 6.60. The Kier molecular flexibility index (Phi) is 4.37. The average Bonchev–Trinajstić information content (AvgIpc) is 2.25. The summed E-state index contributed by atoms with van der Waals surface area (Å²) in [6.45, 7) is 5.46. The molecule has 0 saturated carbocycles. The fourth-order valence-corrected chi connectivity index (χ4v) is 1.95. The molecule has 1 aromatic carbocycles. The molecule has 4 nitrogen and oxygen atoms in total. The molecule has 0 radical (unpaired) electrons. The Labute approximate surface area is 101 Å². The van der Waals surface area contributed by atoms with Crippen LogP contribution in [0, 0.1) is 22.0 Å². The van der Waals surface area contributed by atoms with Crippen LogP contribution in [0.5, 0.6) is 0 Å². The van der Waals surface area contributed by atoms with E-state index >= 15 is 0 Å². The van der Waals surface area contributed by atoms with E-state index in [0.717, 1.165) is 0 Å². The van der Waals surface area contributed by atoms with E-state index in [1.54, 1.807) is 25.1 Å². The summed E-state index contributed by atoms with van der Waals surface area (Å²) < 4.78 is 0. The molecule has 0 saturated heterocycles. The summed E-state index contributed by atoms with van der Waals surface area (Å²) in [7, 11) is 0. The minimum atomic E-state index is -0.396. The number of para-hydroxylation sites is 1. The predicted molar refractivity (Wildman–Crippen MR) is 65.8 cm³/mol. The van der Waals surface area contributed by atoms with Crippen molar-refractivity contribution in [1.82, 2.24) is 0 Å². The van der Waals surface area contributed by atoms with Gasteiger partial charge in [-0.25, -0.2) is 0 Å². The van der Waals surface area contributed by atoms with Crippen LogP contribution in [0.1, 0.15) is 26.3 Å². The zero-order chi connectivity index (χ0) is 13.0. The van der Waals surface area contributed by atoms with Crippen LogP contribution in [0.4, 0.5) is 5.69 Å². The summed E-state index contributed by atoms with van der Waals surface area (Å²) in [5, 5.41) is 10.9. The molecule has 0 aliphatic heterocycles. The van der Waals surface area contributed by atoms with Gasteiger partial charge in [-0.2, -0.15) is 0 Å². The Balaban J connectivity index is 3.01. The van der Waals surface area contributed by atoms with Gasteiger partial charge < -0.3 is 0 Å². The number of Topliss-reactive ketones (excluding diaryl/α,β-unsaturated/α-hetero) is 1. The molecule has 0 aromatic heterocycles. The first-order valence-electron chi connectivity index (χ1n) is 5.66. The van der Waals surface area contributed by atoms with Gasteiger partial charge in [-0.15, -0.1) is 0 Å². The third-order valence-electron chi connectivity index (χ3n) is 2.96. The standard InChI is InChI=1S/C13H17NO3/c1-9(2)12(10(3)15)8-11-6-4-5-7-13(11)14(16)17/h4-7,9,12H,8H2,1-3H3. The number of carbonyl (C=O) groups excluding carboxylic acids is 1. The first kappa shape index (κ1) is 13.4. The van der Waals surface area contributed by atoms with Gasteiger partial charge in [0.25, 0.3) is 5.69 Å². The molecule has 0 amide bonds. The summed E-state index contributed by atoms with van der Waals surface area (Å²) in [6.07, 6.45) is 0.435. The number of nitro benzene ring substituents is 1. The molecular formula is C13H17NO3. The lowest BCUT2D eigenvalue weighted by molar-refractivity contribution is -0.385. The molecule has 1 atom stereocenters. The van der Waals surface area contributed by atoms with Gasteiger partial charge in [0.2, 0.25) is 0 Å². The molecule has 1 aromatic rings. The molecule has 0 spiro atoms. The molecule has 92 valence electrons. The van der Waals surface area contributed by atoms with Crippen LogP contribution in [-0.4, -0.2) is 10.7 Å². The van der Waals surface area contributed by atoms with Gasteiger partial charge in [0.15, 0.2) is 0 Å². The van der Waals surface area contributed by atoms with E-state index in [1.807, 2.05) is 13.8 Å². The topological polar surface area (TPSA) is 60.2 Å². The normalized spacial score (nSPS) is 12.5. The first-order valence-corrected chi connectivity index (χ1v) is 5.66. The molecule has 0 bridgehead atoms. The Hall–Kier alpha value is -1.71. The van der Waals surface area contributed by atoms with E-state index in [9.17, 15) is 14.9 Å². The third kappa shape index (κ3) is 3.37. The second-order valence-corrected chi connectivity index (χ2v) is 4.55. The summed E-state index contributed by atoms with van der Waals surface area (Å²) in [5.41, 5.74) is 0.728. The predicted octanol–water partition coefficient (Wildman–Crippen LogP) is 3.00. The highest BCUT2D eigenvalue weighted by atomic mass is 16.6. The maximum Gasteiger partial charge on any atom is 0.272 e. The van der Waals surface area contributed by atoms with E-state index in [4.69, 9.17) is 0 Å². The SMILES string of the molecule is CC(=O)C(Cc1ccccc1[N+](=O)[O-])C(C)C. The third-order valence-corrected chi connectivity index (χ3v) is 2.96. The van der Waals surface area contributed by atoms with Crippen LogP contribution in [0.25, 0.3) is 0 Å². The number of rotatable bonds is 5. The number of nitrogens with zero attached hydrogens (tertiary/aromatic N) is 1. The maximum atomic E-state index is 11.5.